The molecule has 8 amide bonds. The summed E-state index contributed by atoms with van der Waals surface area (Å²) >= 11 is 0.0569. The topological polar surface area (TPSA) is 428 Å². The van der Waals surface area contributed by atoms with Crippen molar-refractivity contribution < 1.29 is 97.7 Å². The third-order valence-electron chi connectivity index (χ3n) is 12.0. The van der Waals surface area contributed by atoms with Crippen LogP contribution in [0.3, 0.4) is 0 Å². The molecular weight excluding hydrogens is 981 g/mol. The Kier molecular flexibility index (Phi) is 20.3. The molecule has 0 radical (unpaired) electrons. The zero-order chi connectivity index (χ0) is 53.0. The quantitative estimate of drug-likeness (QED) is 0.0365. The fourth-order valence-corrected chi connectivity index (χ4v) is 8.58. The Balaban J connectivity index is 1.56. The number of hydrogen-bond acceptors (Lipinski definition) is 21. The highest BCUT2D eigenvalue weighted by molar-refractivity contribution is 7.90. The van der Waals surface area contributed by atoms with Crippen molar-refractivity contribution in [1.82, 2.24) is 36.4 Å². The molecule has 15 N–H and O–H groups in total. The Bertz CT molecular complexity index is 2270. The Morgan fingerprint density at radius 3 is 2.15 bits per heavy atom. The van der Waals surface area contributed by atoms with E-state index in [9.17, 15) is 74.1 Å². The number of alkyl carbamates (subject to hydrolysis) is 1. The molecule has 0 aliphatic carbocycles. The number of phenolic OH excluding ortho intramolecular Hbond substituents is 1. The number of β-amino-alcohol motifs (C(OH)–C–C–N with tert-alkyl or cyclic N) is 1. The number of benzene rings is 2. The lowest BCUT2D eigenvalue weighted by Crippen LogP contribution is -2.64. The van der Waals surface area contributed by atoms with Gasteiger partial charge in [-0.25, -0.2) is 10.1 Å². The van der Waals surface area contributed by atoms with E-state index in [1.54, 1.807) is 30.3 Å². The number of aliphatic hydroxyl groups excluding tert-OH is 6. The molecule has 13 atom stereocenters. The molecule has 0 spiro atoms. The van der Waals surface area contributed by atoms with E-state index >= 15 is 0 Å². The summed E-state index contributed by atoms with van der Waals surface area (Å²) in [5.41, 5.74) is 6.00. The lowest BCUT2D eigenvalue weighted by Gasteiger charge is -2.33. The van der Waals surface area contributed by atoms with Crippen LogP contribution in [-0.2, 0) is 60.7 Å². The van der Waals surface area contributed by atoms with E-state index in [1.165, 1.54) is 13.0 Å². The average Bonchev–Trinajstić information content (AvgIpc) is 3.87. The molecule has 2 aromatic rings. The summed E-state index contributed by atoms with van der Waals surface area (Å²) in [7, 11) is 0. The third-order valence-corrected chi connectivity index (χ3v) is 12.4. The first kappa shape index (κ1) is 56.5. The first-order valence-electron chi connectivity index (χ1n) is 22.4. The maximum atomic E-state index is 14.5. The van der Waals surface area contributed by atoms with Gasteiger partial charge in [-0.05, 0) is 30.2 Å². The number of carbonyl (C=O) groups is 8. The number of nitrogens with one attached hydrogen (secondary N) is 5. The van der Waals surface area contributed by atoms with Gasteiger partial charge in [-0.3, -0.25) is 33.6 Å². The van der Waals surface area contributed by atoms with E-state index in [-0.39, 0.29) is 30.2 Å². The number of ether oxygens (including phenoxy) is 1. The summed E-state index contributed by atoms with van der Waals surface area (Å²) in [6.45, 7) is 0.604. The van der Waals surface area contributed by atoms with Gasteiger partial charge in [0.25, 0.3) is 12.3 Å². The largest absolute Gasteiger partial charge is 0.504 e. The summed E-state index contributed by atoms with van der Waals surface area (Å²) in [6.07, 6.45) is -14.7. The Morgan fingerprint density at radius 2 is 1.49 bits per heavy atom. The molecule has 3 aliphatic rings. The number of aliphatic hydroxyl groups is 6. The molecule has 2 aromatic carbocycles. The number of rotatable bonds is 14. The molecule has 0 bridgehead atoms. The monoisotopic (exact) mass is 1040 g/mol. The molecule has 3 fully saturated rings. The first-order chi connectivity index (χ1) is 34.1. The van der Waals surface area contributed by atoms with Crippen molar-refractivity contribution in [3.8, 4) is 11.5 Å². The standard InChI is InChI=1S/C43H58N8O20S/c1-19-16-51-35(36(19)59)40(63)45-15-23(53)12-25(46-43(66)68-18-21-6-4-3-5-7-21)37(60)47-32(20(2)52)41(64)50-17-24(54)13-26(50)38(61)48-33(39(62)49-34(42(51)65)29(57)14-31(44)58)28(56)10-22-8-9-27(55)30(11-22)69-72-71-70-67/h3-9,11,19-20,23-26,28-29,32-36,52-57,59,67H,10,12-18H2,1-2H3,(H2,44,58)(H,45,63)(H,46,66)(H,47,60)(H,48,61)(H,49,62)/t19?,20?,23?,24?,25-,26?,28?,29?,32?,33?,34?,35?,36?/m0/s1. The Hall–Kier alpha value is -6.41. The van der Waals surface area contributed by atoms with Crippen LogP contribution < -0.4 is 36.5 Å². The molecule has 29 heteroatoms. The van der Waals surface area contributed by atoms with Crippen molar-refractivity contribution in [2.45, 2.75) is 119 Å². The number of phenols is 1. The Morgan fingerprint density at radius 1 is 0.819 bits per heavy atom. The van der Waals surface area contributed by atoms with E-state index in [2.05, 4.69) is 36.0 Å². The van der Waals surface area contributed by atoms with Crippen molar-refractivity contribution in [3.05, 3.63) is 59.7 Å². The molecule has 0 saturated carbocycles. The predicted molar refractivity (Wildman–Crippen MR) is 242 cm³/mol. The summed E-state index contributed by atoms with van der Waals surface area (Å²) in [5.74, 6) is -10.2. The van der Waals surface area contributed by atoms with Crippen LogP contribution in [0, 0.1) is 5.92 Å². The zero-order valence-corrected chi connectivity index (χ0v) is 39.5. The summed E-state index contributed by atoms with van der Waals surface area (Å²) < 4.78 is 14.5. The minimum absolute atomic E-state index is 0.0569. The smallest absolute Gasteiger partial charge is 0.408 e. The first-order valence-corrected chi connectivity index (χ1v) is 23.0. The van der Waals surface area contributed by atoms with Gasteiger partial charge in [0, 0.05) is 44.8 Å². The molecule has 3 heterocycles. The van der Waals surface area contributed by atoms with Gasteiger partial charge >= 0.3 is 6.09 Å². The second-order valence-electron chi connectivity index (χ2n) is 17.5. The van der Waals surface area contributed by atoms with Crippen molar-refractivity contribution in [2.75, 3.05) is 19.6 Å². The van der Waals surface area contributed by atoms with Gasteiger partial charge in [-0.2, -0.15) is 0 Å². The molecule has 28 nitrogen and oxygen atoms in total. The van der Waals surface area contributed by atoms with Gasteiger partial charge in [0.1, 0.15) is 42.9 Å². The van der Waals surface area contributed by atoms with E-state index in [1.807, 2.05) is 0 Å². The van der Waals surface area contributed by atoms with Crippen LogP contribution in [0.1, 0.15) is 44.2 Å². The highest BCUT2D eigenvalue weighted by Crippen LogP contribution is 2.31. The highest BCUT2D eigenvalue weighted by Gasteiger charge is 2.50. The maximum Gasteiger partial charge on any atom is 0.408 e. The van der Waals surface area contributed by atoms with Crippen LogP contribution >= 0.6 is 12.3 Å². The van der Waals surface area contributed by atoms with E-state index in [0.717, 1.165) is 28.9 Å². The van der Waals surface area contributed by atoms with Crippen molar-refractivity contribution in [2.24, 2.45) is 11.7 Å². The number of nitrogens with zero attached hydrogens (tertiary/aromatic N) is 2. The van der Waals surface area contributed by atoms with Crippen LogP contribution in [0.25, 0.3) is 0 Å². The van der Waals surface area contributed by atoms with Gasteiger partial charge in [0.05, 0.1) is 43.0 Å². The summed E-state index contributed by atoms with van der Waals surface area (Å²) in [5, 5.41) is 101. The fourth-order valence-electron chi connectivity index (χ4n) is 8.32. The van der Waals surface area contributed by atoms with Crippen molar-refractivity contribution in [3.63, 3.8) is 0 Å². The van der Waals surface area contributed by atoms with Gasteiger partial charge < -0.3 is 86.8 Å². The van der Waals surface area contributed by atoms with Gasteiger partial charge in [0.15, 0.2) is 11.5 Å². The third kappa shape index (κ3) is 14.8. The fraction of sp³-hybridized carbons (Fsp3) is 0.535. The van der Waals surface area contributed by atoms with Gasteiger partial charge in [-0.1, -0.05) is 52.7 Å². The van der Waals surface area contributed by atoms with Crippen molar-refractivity contribution >= 4 is 59.8 Å². The number of fused-ring (bicyclic) bond motifs is 2. The molecular formula is C43H58N8O20S. The minimum Gasteiger partial charge on any atom is -0.504 e. The number of hydrogen-bond donors (Lipinski definition) is 14. The molecule has 72 heavy (non-hydrogen) atoms. The van der Waals surface area contributed by atoms with Crippen molar-refractivity contribution in [1.29, 1.82) is 0 Å². The molecule has 3 saturated heterocycles. The summed E-state index contributed by atoms with van der Waals surface area (Å²) in [6, 6.07) is 0.268. The number of amides is 8. The van der Waals surface area contributed by atoms with E-state index < -0.39 is 177 Å². The van der Waals surface area contributed by atoms with Crippen LogP contribution in [0.2, 0.25) is 0 Å². The van der Waals surface area contributed by atoms with Crippen LogP contribution in [-0.4, -0.2) is 191 Å². The number of aromatic hydroxyl groups is 1. The normalized spacial score (nSPS) is 28.2. The average molecular weight is 1040 g/mol. The minimum atomic E-state index is -2.20. The van der Waals surface area contributed by atoms with E-state index in [0.29, 0.717) is 5.56 Å². The van der Waals surface area contributed by atoms with Gasteiger partial charge in [0.2, 0.25) is 41.4 Å². The highest BCUT2D eigenvalue weighted by atomic mass is 32.2. The Labute approximate surface area is 414 Å². The second kappa shape index (κ2) is 25.8. The van der Waals surface area contributed by atoms with E-state index in [4.69, 9.17) is 19.9 Å². The predicted octanol–water partition coefficient (Wildman–Crippen LogP) is -4.92. The van der Waals surface area contributed by atoms with Gasteiger partial charge in [-0.15, -0.1) is 0 Å². The lowest BCUT2D eigenvalue weighted by molar-refractivity contribution is -0.433. The van der Waals surface area contributed by atoms with Crippen LogP contribution in [0.4, 0.5) is 4.79 Å². The molecule has 5 rings (SSSR count). The number of carbonyl (C=O) groups excluding carboxylic acids is 8. The zero-order valence-electron chi connectivity index (χ0n) is 38.6. The maximum absolute atomic E-state index is 14.5. The summed E-state index contributed by atoms with van der Waals surface area (Å²) in [4.78, 5) is 112. The molecule has 396 valence electrons. The van der Waals surface area contributed by atoms with Crippen LogP contribution in [0.15, 0.2) is 48.5 Å². The second-order valence-corrected chi connectivity index (χ2v) is 17.9. The number of nitrogens with two attached hydrogens (primary N) is 1. The molecule has 12 unspecified atom stereocenters. The lowest BCUT2D eigenvalue weighted by atomic mass is 9.98. The molecule has 3 aliphatic heterocycles. The van der Waals surface area contributed by atoms with Crippen LogP contribution in [0.5, 0.6) is 11.5 Å². The number of primary amides is 1. The molecule has 0 aromatic heterocycles. The SMILES string of the molecule is CC(O)C1NC(=O)[C@@H](NC(=O)OCc2ccccc2)CC(O)CNC(=O)C2C(O)C(C)CN2C(=O)C(C(O)CC(N)=O)NC(=O)C(C(O)Cc2ccc(O)c(OSOOO)c2)NC(=O)C2CC(O)CN2C1=O.